The third-order valence-corrected chi connectivity index (χ3v) is 4.56. The molecule has 2 rings (SSSR count). The number of aliphatic hydroxyl groups excluding tert-OH is 1. The minimum Gasteiger partial charge on any atom is -0.497 e. The van der Waals surface area contributed by atoms with Gasteiger partial charge in [-0.15, -0.1) is 0 Å². The first-order chi connectivity index (χ1) is 14.3. The molecule has 2 amide bonds. The van der Waals surface area contributed by atoms with Crippen LogP contribution >= 0.6 is 0 Å². The van der Waals surface area contributed by atoms with Crippen molar-refractivity contribution in [3.63, 3.8) is 0 Å². The van der Waals surface area contributed by atoms with E-state index in [0.717, 1.165) is 11.1 Å². The molecule has 0 bridgehead atoms. The summed E-state index contributed by atoms with van der Waals surface area (Å²) in [5.74, 6) is 1.12. The van der Waals surface area contributed by atoms with Gasteiger partial charge in [0.1, 0.15) is 11.5 Å². The lowest BCUT2D eigenvalue weighted by atomic mass is 9.85. The van der Waals surface area contributed by atoms with Crippen LogP contribution in [0.1, 0.15) is 31.9 Å². The molecule has 164 valence electrons. The van der Waals surface area contributed by atoms with Gasteiger partial charge < -0.3 is 30.0 Å². The predicted octanol–water partition coefficient (Wildman–Crippen LogP) is 3.70. The minimum absolute atomic E-state index is 0.0407. The molecule has 0 fully saturated rings. The van der Waals surface area contributed by atoms with Crippen molar-refractivity contribution in [1.82, 2.24) is 5.32 Å². The number of hydrogen-bond donors (Lipinski definition) is 3. The van der Waals surface area contributed by atoms with Crippen LogP contribution in [0.3, 0.4) is 0 Å². The highest BCUT2D eigenvalue weighted by molar-refractivity contribution is 5.92. The van der Waals surface area contributed by atoms with E-state index < -0.39 is 12.1 Å². The van der Waals surface area contributed by atoms with Gasteiger partial charge in [-0.1, -0.05) is 51.1 Å². The maximum absolute atomic E-state index is 12.7. The molecule has 3 N–H and O–H groups in total. The summed E-state index contributed by atoms with van der Waals surface area (Å²) in [5.41, 5.74) is 2.10. The van der Waals surface area contributed by atoms with Gasteiger partial charge in [0.05, 0.1) is 25.4 Å². The van der Waals surface area contributed by atoms with Crippen molar-refractivity contribution in [3.05, 3.63) is 53.6 Å². The van der Waals surface area contributed by atoms with Crippen LogP contribution < -0.4 is 20.1 Å². The van der Waals surface area contributed by atoms with Gasteiger partial charge in [0, 0.05) is 18.7 Å². The van der Waals surface area contributed by atoms with Crippen molar-refractivity contribution < 1.29 is 24.1 Å². The summed E-state index contributed by atoms with van der Waals surface area (Å²) >= 11 is 0. The molecule has 30 heavy (non-hydrogen) atoms. The predicted molar refractivity (Wildman–Crippen MR) is 117 cm³/mol. The number of aliphatic hydroxyl groups is 1. The van der Waals surface area contributed by atoms with E-state index in [1.807, 2.05) is 57.2 Å². The SMILES string of the molecule is COCOc1c(NC(=O)N[C@H](CO)Cc2ccccc2)cc(OC)cc1C(C)(C)C. The van der Waals surface area contributed by atoms with E-state index in [-0.39, 0.29) is 18.8 Å². The number of carbonyl (C=O) groups excluding carboxylic acids is 1. The van der Waals surface area contributed by atoms with Gasteiger partial charge in [0.15, 0.2) is 6.79 Å². The Morgan fingerprint density at radius 1 is 1.13 bits per heavy atom. The van der Waals surface area contributed by atoms with E-state index in [9.17, 15) is 9.90 Å². The van der Waals surface area contributed by atoms with Crippen molar-refractivity contribution in [3.8, 4) is 11.5 Å². The molecule has 2 aromatic carbocycles. The Hall–Kier alpha value is -2.77. The molecule has 1 atom stereocenters. The van der Waals surface area contributed by atoms with E-state index in [1.165, 1.54) is 7.11 Å². The second-order valence-electron chi connectivity index (χ2n) is 8.02. The number of carbonyl (C=O) groups is 1. The van der Waals surface area contributed by atoms with E-state index in [2.05, 4.69) is 10.6 Å². The van der Waals surface area contributed by atoms with Crippen LogP contribution in [0.15, 0.2) is 42.5 Å². The number of urea groups is 1. The van der Waals surface area contributed by atoms with Crippen LogP contribution in [0.4, 0.5) is 10.5 Å². The van der Waals surface area contributed by atoms with Gasteiger partial charge in [-0.05, 0) is 23.5 Å². The van der Waals surface area contributed by atoms with E-state index in [4.69, 9.17) is 14.2 Å². The van der Waals surface area contributed by atoms with Gasteiger partial charge in [0.2, 0.25) is 0 Å². The molecule has 0 aliphatic carbocycles. The molecule has 7 nitrogen and oxygen atoms in total. The molecular formula is C23H32N2O5. The van der Waals surface area contributed by atoms with Gasteiger partial charge in [0.25, 0.3) is 0 Å². The molecule has 0 heterocycles. The zero-order valence-electron chi connectivity index (χ0n) is 18.3. The summed E-state index contributed by atoms with van der Waals surface area (Å²) in [6.07, 6.45) is 0.517. The summed E-state index contributed by atoms with van der Waals surface area (Å²) in [5, 5.41) is 15.4. The molecule has 0 aliphatic heterocycles. The summed E-state index contributed by atoms with van der Waals surface area (Å²) in [4.78, 5) is 12.7. The normalized spacial score (nSPS) is 12.2. The topological polar surface area (TPSA) is 89.1 Å². The zero-order chi connectivity index (χ0) is 22.1. The highest BCUT2D eigenvalue weighted by Gasteiger charge is 2.25. The number of benzene rings is 2. The number of anilines is 1. The highest BCUT2D eigenvalue weighted by atomic mass is 16.7. The summed E-state index contributed by atoms with van der Waals surface area (Å²) in [6.45, 7) is 6.01. The smallest absolute Gasteiger partial charge is 0.319 e. The largest absolute Gasteiger partial charge is 0.497 e. The summed E-state index contributed by atoms with van der Waals surface area (Å²) in [6, 6.07) is 12.4. The van der Waals surface area contributed by atoms with E-state index in [0.29, 0.717) is 23.6 Å². The molecule has 0 aliphatic rings. The summed E-state index contributed by atoms with van der Waals surface area (Å²) in [7, 11) is 3.11. The number of hydrogen-bond acceptors (Lipinski definition) is 5. The average Bonchev–Trinajstić information content (AvgIpc) is 2.71. The Morgan fingerprint density at radius 2 is 1.83 bits per heavy atom. The van der Waals surface area contributed by atoms with Crippen LogP contribution in [0.5, 0.6) is 11.5 Å². The number of nitrogens with one attached hydrogen (secondary N) is 2. The van der Waals surface area contributed by atoms with Crippen molar-refractivity contribution in [2.45, 2.75) is 38.6 Å². The molecular weight excluding hydrogens is 384 g/mol. The molecule has 0 spiro atoms. The molecule has 7 heteroatoms. The first-order valence-electron chi connectivity index (χ1n) is 9.85. The lowest BCUT2D eigenvalue weighted by molar-refractivity contribution is 0.0503. The van der Waals surface area contributed by atoms with Crippen LogP contribution in [-0.4, -0.2) is 44.8 Å². The number of ether oxygens (including phenoxy) is 3. The Morgan fingerprint density at radius 3 is 2.40 bits per heavy atom. The lowest BCUT2D eigenvalue weighted by Gasteiger charge is -2.26. The molecule has 0 radical (unpaired) electrons. The first-order valence-corrected chi connectivity index (χ1v) is 9.85. The fourth-order valence-corrected chi connectivity index (χ4v) is 3.05. The summed E-state index contributed by atoms with van der Waals surface area (Å²) < 4.78 is 16.3. The number of rotatable bonds is 9. The molecule has 0 unspecified atom stereocenters. The van der Waals surface area contributed by atoms with Gasteiger partial charge >= 0.3 is 6.03 Å². The number of methoxy groups -OCH3 is 2. The standard InChI is InChI=1S/C23H32N2O5/c1-23(2,3)19-12-18(29-5)13-20(21(19)30-15-28-4)25-22(27)24-17(14-26)11-16-9-7-6-8-10-16/h6-10,12-13,17,26H,11,14-15H2,1-5H3,(H2,24,25,27)/t17-/m0/s1. The van der Waals surface area contributed by atoms with Gasteiger partial charge in [-0.3, -0.25) is 0 Å². The minimum atomic E-state index is -0.444. The van der Waals surface area contributed by atoms with Crippen molar-refractivity contribution in [2.24, 2.45) is 0 Å². The average molecular weight is 417 g/mol. The quantitative estimate of drug-likeness (QED) is 0.543. The zero-order valence-corrected chi connectivity index (χ0v) is 18.3. The van der Waals surface area contributed by atoms with Gasteiger partial charge in [-0.2, -0.15) is 0 Å². The molecule has 0 saturated carbocycles. The first kappa shape index (κ1) is 23.5. The van der Waals surface area contributed by atoms with E-state index in [1.54, 1.807) is 13.2 Å². The maximum Gasteiger partial charge on any atom is 0.319 e. The third kappa shape index (κ3) is 6.64. The van der Waals surface area contributed by atoms with Crippen LogP contribution in [-0.2, 0) is 16.6 Å². The van der Waals surface area contributed by atoms with Crippen molar-refractivity contribution >= 4 is 11.7 Å². The fourth-order valence-electron chi connectivity index (χ4n) is 3.05. The Bertz CT molecular complexity index is 818. The maximum atomic E-state index is 12.7. The second-order valence-corrected chi connectivity index (χ2v) is 8.02. The van der Waals surface area contributed by atoms with Gasteiger partial charge in [-0.25, -0.2) is 4.79 Å². The Kier molecular flexibility index (Phi) is 8.50. The molecule has 0 saturated heterocycles. The van der Waals surface area contributed by atoms with E-state index >= 15 is 0 Å². The second kappa shape index (κ2) is 10.8. The van der Waals surface area contributed by atoms with Crippen molar-refractivity contribution in [1.29, 1.82) is 0 Å². The van der Waals surface area contributed by atoms with Crippen LogP contribution in [0.25, 0.3) is 0 Å². The van der Waals surface area contributed by atoms with Crippen molar-refractivity contribution in [2.75, 3.05) is 32.9 Å². The highest BCUT2D eigenvalue weighted by Crippen LogP contribution is 2.40. The number of amides is 2. The molecule has 2 aromatic rings. The monoisotopic (exact) mass is 416 g/mol. The Balaban J connectivity index is 2.24. The Labute approximate surface area is 178 Å². The fraction of sp³-hybridized carbons (Fsp3) is 0.435. The van der Waals surface area contributed by atoms with Crippen LogP contribution in [0, 0.1) is 0 Å². The lowest BCUT2D eigenvalue weighted by Crippen LogP contribution is -2.41. The molecule has 0 aromatic heterocycles. The van der Waals surface area contributed by atoms with Crippen LogP contribution in [0.2, 0.25) is 0 Å². The third-order valence-electron chi connectivity index (χ3n) is 4.56.